The number of amides is 6. The quantitative estimate of drug-likeness (QED) is 0.0471. The van der Waals surface area contributed by atoms with Gasteiger partial charge in [0.05, 0.1) is 17.1 Å². The zero-order chi connectivity index (χ0) is 44.8. The first-order chi connectivity index (χ1) is 29.4. The predicted octanol–water partition coefficient (Wildman–Crippen LogP) is 2.66. The third-order valence-corrected chi connectivity index (χ3v) is 9.34. The lowest BCUT2D eigenvalue weighted by atomic mass is 10.3. The lowest BCUT2D eigenvalue weighted by molar-refractivity contribution is -0.116. The summed E-state index contributed by atoms with van der Waals surface area (Å²) in [5, 5.41) is 16.2. The van der Waals surface area contributed by atoms with E-state index in [2.05, 4.69) is 46.9 Å². The number of ketones is 1. The topological polar surface area (TPSA) is 260 Å². The number of aryl methyl sites for hydroxylation is 6. The van der Waals surface area contributed by atoms with Crippen molar-refractivity contribution in [2.75, 3.05) is 33.1 Å². The van der Waals surface area contributed by atoms with Crippen molar-refractivity contribution in [3.8, 4) is 0 Å². The van der Waals surface area contributed by atoms with Gasteiger partial charge in [0, 0.05) is 111 Å². The van der Waals surface area contributed by atoms with Crippen molar-refractivity contribution in [1.82, 2.24) is 47.7 Å². The number of hydrogen-bond donors (Lipinski definition) is 6. The van der Waals surface area contributed by atoms with Gasteiger partial charge in [-0.2, -0.15) is 0 Å². The molecule has 62 heavy (non-hydrogen) atoms. The molecule has 0 unspecified atom stereocenters. The van der Waals surface area contributed by atoms with Crippen LogP contribution in [0.15, 0.2) is 67.7 Å². The SMILES string of the molecule is CC(=O)Nc1cn(C)c(C(=O)Nc2cc(C(=O)Nc3cc(C(=O)NCCCC(=O)Nc4cn(C)c(C(=O)Nc5cc(/C=C/C(=O)c6nccn6C)n(C)c5)n4)n(C)c3)n(C)c2)n1. The zero-order valence-electron chi connectivity index (χ0n) is 34.9. The molecule has 22 nitrogen and oxygen atoms in total. The van der Waals surface area contributed by atoms with E-state index in [0.717, 1.165) is 0 Å². The van der Waals surface area contributed by atoms with Gasteiger partial charge in [0.1, 0.15) is 11.4 Å². The molecular formula is C40H45N15O7. The van der Waals surface area contributed by atoms with Crippen molar-refractivity contribution in [2.45, 2.75) is 19.8 Å². The molecule has 22 heteroatoms. The summed E-state index contributed by atoms with van der Waals surface area (Å²) in [4.78, 5) is 101. The average Bonchev–Trinajstić information content (AvgIpc) is 4.06. The fourth-order valence-electron chi connectivity index (χ4n) is 6.34. The van der Waals surface area contributed by atoms with Gasteiger partial charge in [-0.15, -0.1) is 0 Å². The Kier molecular flexibility index (Phi) is 12.8. The van der Waals surface area contributed by atoms with Crippen molar-refractivity contribution < 1.29 is 33.6 Å². The summed E-state index contributed by atoms with van der Waals surface area (Å²) in [6.07, 6.45) is 14.4. The van der Waals surface area contributed by atoms with Crippen LogP contribution in [-0.4, -0.2) is 90.1 Å². The number of carbonyl (C=O) groups excluding carboxylic acids is 7. The van der Waals surface area contributed by atoms with E-state index in [0.29, 0.717) is 35.0 Å². The first-order valence-electron chi connectivity index (χ1n) is 19.0. The highest BCUT2D eigenvalue weighted by Crippen LogP contribution is 2.20. The van der Waals surface area contributed by atoms with E-state index < -0.39 is 23.6 Å². The molecule has 0 saturated carbocycles. The van der Waals surface area contributed by atoms with Crippen molar-refractivity contribution in [3.05, 3.63) is 102 Å². The van der Waals surface area contributed by atoms with Crippen LogP contribution in [0.3, 0.4) is 0 Å². The Hall–Kier alpha value is -8.30. The van der Waals surface area contributed by atoms with Crippen LogP contribution in [0.25, 0.3) is 6.08 Å². The van der Waals surface area contributed by atoms with Gasteiger partial charge in [0.2, 0.25) is 29.2 Å². The molecule has 6 heterocycles. The Morgan fingerprint density at radius 1 is 0.581 bits per heavy atom. The Balaban J connectivity index is 0.942. The monoisotopic (exact) mass is 847 g/mol. The molecule has 0 fully saturated rings. The summed E-state index contributed by atoms with van der Waals surface area (Å²) < 4.78 is 9.38. The maximum Gasteiger partial charge on any atom is 0.291 e. The number of carbonyl (C=O) groups is 7. The van der Waals surface area contributed by atoms with Gasteiger partial charge < -0.3 is 59.3 Å². The largest absolute Gasteiger partial charge is 0.351 e. The van der Waals surface area contributed by atoms with Crippen LogP contribution >= 0.6 is 0 Å². The molecule has 6 rings (SSSR count). The normalized spacial score (nSPS) is 11.1. The fraction of sp³-hybridized carbons (Fsp3) is 0.250. The number of aromatic nitrogens is 9. The van der Waals surface area contributed by atoms with Gasteiger partial charge in [-0.25, -0.2) is 15.0 Å². The molecule has 0 aromatic carbocycles. The first kappa shape index (κ1) is 43.3. The lowest BCUT2D eigenvalue weighted by Crippen LogP contribution is -2.27. The van der Waals surface area contributed by atoms with Crippen molar-refractivity contribution >= 4 is 76.0 Å². The van der Waals surface area contributed by atoms with Crippen LogP contribution in [-0.2, 0) is 51.9 Å². The minimum absolute atomic E-state index is 0.0483. The summed E-state index contributed by atoms with van der Waals surface area (Å²) in [6, 6.07) is 4.69. The fourth-order valence-corrected chi connectivity index (χ4v) is 6.34. The number of imidazole rings is 3. The maximum absolute atomic E-state index is 13.2. The minimum atomic E-state index is -0.548. The van der Waals surface area contributed by atoms with E-state index >= 15 is 0 Å². The maximum atomic E-state index is 13.2. The highest BCUT2D eigenvalue weighted by molar-refractivity contribution is 6.07. The number of nitrogens with one attached hydrogen (secondary N) is 6. The van der Waals surface area contributed by atoms with E-state index in [-0.39, 0.29) is 65.2 Å². The van der Waals surface area contributed by atoms with Crippen LogP contribution < -0.4 is 31.9 Å². The second kappa shape index (κ2) is 18.3. The molecule has 0 aliphatic carbocycles. The molecule has 0 spiro atoms. The van der Waals surface area contributed by atoms with E-state index in [9.17, 15) is 33.6 Å². The highest BCUT2D eigenvalue weighted by atomic mass is 16.2. The van der Waals surface area contributed by atoms with E-state index in [4.69, 9.17) is 0 Å². The number of allylic oxidation sites excluding steroid dienone is 1. The van der Waals surface area contributed by atoms with E-state index in [1.54, 1.807) is 99.1 Å². The van der Waals surface area contributed by atoms with Crippen LogP contribution in [0.4, 0.5) is 28.7 Å². The van der Waals surface area contributed by atoms with Crippen molar-refractivity contribution in [3.63, 3.8) is 0 Å². The molecule has 0 atom stereocenters. The van der Waals surface area contributed by atoms with Crippen LogP contribution in [0.5, 0.6) is 0 Å². The lowest BCUT2D eigenvalue weighted by Gasteiger charge is -2.06. The molecule has 6 aromatic heterocycles. The predicted molar refractivity (Wildman–Crippen MR) is 228 cm³/mol. The number of nitrogens with zero attached hydrogens (tertiary/aromatic N) is 9. The van der Waals surface area contributed by atoms with E-state index in [1.807, 2.05) is 0 Å². The summed E-state index contributed by atoms with van der Waals surface area (Å²) in [5.74, 6) is -2.14. The second-order valence-corrected chi connectivity index (χ2v) is 14.3. The first-order valence-corrected chi connectivity index (χ1v) is 19.0. The third kappa shape index (κ3) is 10.3. The van der Waals surface area contributed by atoms with Gasteiger partial charge in [0.25, 0.3) is 23.6 Å². The van der Waals surface area contributed by atoms with Gasteiger partial charge >= 0.3 is 0 Å². The van der Waals surface area contributed by atoms with Gasteiger partial charge in [-0.1, -0.05) is 0 Å². The molecule has 0 bridgehead atoms. The van der Waals surface area contributed by atoms with Gasteiger partial charge in [-0.3, -0.25) is 33.6 Å². The summed E-state index contributed by atoms with van der Waals surface area (Å²) in [5.41, 5.74) is 2.31. The smallest absolute Gasteiger partial charge is 0.291 e. The summed E-state index contributed by atoms with van der Waals surface area (Å²) in [7, 11) is 10.0. The average molecular weight is 848 g/mol. The second-order valence-electron chi connectivity index (χ2n) is 14.3. The molecule has 0 radical (unpaired) electrons. The zero-order valence-corrected chi connectivity index (χ0v) is 34.9. The third-order valence-electron chi connectivity index (χ3n) is 9.34. The number of hydrogen-bond acceptors (Lipinski definition) is 10. The van der Waals surface area contributed by atoms with E-state index in [1.165, 1.54) is 51.2 Å². The Labute approximate surface area is 354 Å². The van der Waals surface area contributed by atoms with Crippen LogP contribution in [0.1, 0.15) is 78.3 Å². The molecular weight excluding hydrogens is 803 g/mol. The molecule has 6 N–H and O–H groups in total. The summed E-state index contributed by atoms with van der Waals surface area (Å²) in [6.45, 7) is 1.50. The van der Waals surface area contributed by atoms with Crippen molar-refractivity contribution in [2.24, 2.45) is 42.3 Å². The molecule has 0 saturated heterocycles. The molecule has 0 aliphatic rings. The Bertz CT molecular complexity index is 2750. The van der Waals surface area contributed by atoms with Crippen molar-refractivity contribution in [1.29, 1.82) is 0 Å². The molecule has 6 amide bonds. The van der Waals surface area contributed by atoms with Crippen LogP contribution in [0, 0.1) is 0 Å². The number of rotatable bonds is 16. The molecule has 6 aromatic rings. The molecule has 322 valence electrons. The van der Waals surface area contributed by atoms with Gasteiger partial charge in [0.15, 0.2) is 17.5 Å². The highest BCUT2D eigenvalue weighted by Gasteiger charge is 2.21. The molecule has 0 aliphatic heterocycles. The minimum Gasteiger partial charge on any atom is -0.351 e. The Morgan fingerprint density at radius 2 is 1.11 bits per heavy atom. The number of anilines is 5. The van der Waals surface area contributed by atoms with Gasteiger partial charge in [-0.05, 0) is 36.8 Å². The standard InChI is InChI=1S/C40H45N15O7/c1-23(56)43-31-21-54(6)35(48-31)40(62)46-26-17-29(53(5)20-26)38(60)44-25-16-28(52(4)19-25)37(59)42-12-8-9-33(58)47-32-22-55(7)36(49-32)39(61)45-24-15-27(51(3)18-24)10-11-30(57)34-41-13-14-50(34)2/h10-11,13-22H,8-9,12H2,1-7H3,(H,42,59)(H,43,56)(H,44,60)(H,45,61)(H,46,62)(H,47,58)/b11-10+. The van der Waals surface area contributed by atoms with Crippen LogP contribution in [0.2, 0.25) is 0 Å². The Morgan fingerprint density at radius 3 is 1.68 bits per heavy atom. The summed E-state index contributed by atoms with van der Waals surface area (Å²) >= 11 is 0.